The van der Waals surface area contributed by atoms with Gasteiger partial charge in [0, 0.05) is 0 Å². The Balaban J connectivity index is 3.88. The van der Waals surface area contributed by atoms with E-state index in [9.17, 15) is 0 Å². The van der Waals surface area contributed by atoms with Crippen molar-refractivity contribution in [3.05, 3.63) is 10.2 Å². The smallest absolute Gasteiger partial charge is 0.0510 e. The molecule has 0 N–H and O–H groups in total. The Bertz CT molecular complexity index is 102. The first kappa shape index (κ1) is 9.69. The molecule has 0 spiro atoms. The quantitative estimate of drug-likeness (QED) is 0.521. The maximum absolute atomic E-state index is 2.40. The zero-order chi connectivity index (χ0) is 7.49. The molecule has 0 rings (SSSR count). The monoisotopic (exact) mass is 254 g/mol. The molecule has 1 unspecified atom stereocenters. The third kappa shape index (κ3) is 4.14. The number of halogens is 1. The number of rotatable bonds is 2. The van der Waals surface area contributed by atoms with Crippen molar-refractivity contribution in [1.82, 2.24) is 0 Å². The second-order valence-electron chi connectivity index (χ2n) is 3.47. The topological polar surface area (TPSA) is 0 Å². The molecule has 2 heteroatoms. The Labute approximate surface area is 72.9 Å². The van der Waals surface area contributed by atoms with Gasteiger partial charge < -0.3 is 0 Å². The minimum absolute atomic E-state index is 0.814. The molecule has 54 valence electrons. The largest absolute Gasteiger partial charge is 0.0783 e. The van der Waals surface area contributed by atoms with E-state index in [4.69, 9.17) is 0 Å². The van der Waals surface area contributed by atoms with E-state index < -0.39 is 8.07 Å². The summed E-state index contributed by atoms with van der Waals surface area (Å²) >= 11 is 2.28. The van der Waals surface area contributed by atoms with Gasteiger partial charge in [0.2, 0.25) is 0 Å². The van der Waals surface area contributed by atoms with E-state index in [1.807, 2.05) is 0 Å². The lowest BCUT2D eigenvalue weighted by Gasteiger charge is -2.21. The summed E-state index contributed by atoms with van der Waals surface area (Å²) in [5.41, 5.74) is 0.814. The molecular formula is C7H15ISi. The highest BCUT2D eigenvalue weighted by atomic mass is 127. The van der Waals surface area contributed by atoms with E-state index in [1.54, 1.807) is 0 Å². The molecule has 0 aliphatic heterocycles. The van der Waals surface area contributed by atoms with Crippen molar-refractivity contribution < 1.29 is 0 Å². The third-order valence-corrected chi connectivity index (χ3v) is 5.07. The standard InChI is InChI=1S/C7H15ISi/c1-7(5-6-8)9(2,3)4/h5-7H,1-4H3. The first-order valence-electron chi connectivity index (χ1n) is 3.25. The lowest BCUT2D eigenvalue weighted by Crippen LogP contribution is -2.24. The third-order valence-electron chi connectivity index (χ3n) is 1.73. The summed E-state index contributed by atoms with van der Waals surface area (Å²) in [6.45, 7) is 9.50. The van der Waals surface area contributed by atoms with Gasteiger partial charge in [-0.1, -0.05) is 55.2 Å². The Morgan fingerprint density at radius 1 is 1.33 bits per heavy atom. The summed E-state index contributed by atoms with van der Waals surface area (Å²) in [5.74, 6) is 0. The van der Waals surface area contributed by atoms with Crippen molar-refractivity contribution in [3.8, 4) is 0 Å². The van der Waals surface area contributed by atoms with E-state index >= 15 is 0 Å². The minimum atomic E-state index is -0.873. The van der Waals surface area contributed by atoms with Gasteiger partial charge in [0.15, 0.2) is 0 Å². The van der Waals surface area contributed by atoms with Crippen LogP contribution >= 0.6 is 22.6 Å². The van der Waals surface area contributed by atoms with Gasteiger partial charge in [0.05, 0.1) is 8.07 Å². The first-order chi connectivity index (χ1) is 3.98. The molecule has 0 bridgehead atoms. The van der Waals surface area contributed by atoms with Crippen LogP contribution in [-0.2, 0) is 0 Å². The summed E-state index contributed by atoms with van der Waals surface area (Å²) in [4.78, 5) is 0. The molecule has 9 heavy (non-hydrogen) atoms. The number of hydrogen-bond donors (Lipinski definition) is 0. The highest BCUT2D eigenvalue weighted by Crippen LogP contribution is 2.22. The lowest BCUT2D eigenvalue weighted by atomic mass is 10.5. The molecule has 0 aromatic rings. The van der Waals surface area contributed by atoms with Crippen molar-refractivity contribution in [2.24, 2.45) is 0 Å². The van der Waals surface area contributed by atoms with Gasteiger partial charge in [0.1, 0.15) is 0 Å². The fourth-order valence-corrected chi connectivity index (χ4v) is 2.09. The zero-order valence-electron chi connectivity index (χ0n) is 6.61. The fraction of sp³-hybridized carbons (Fsp3) is 0.714. The highest BCUT2D eigenvalue weighted by Gasteiger charge is 2.18. The fourth-order valence-electron chi connectivity index (χ4n) is 0.398. The molecule has 0 amide bonds. The molecule has 0 aliphatic rings. The van der Waals surface area contributed by atoms with Crippen LogP contribution in [0.5, 0.6) is 0 Å². The Morgan fingerprint density at radius 2 is 1.78 bits per heavy atom. The van der Waals surface area contributed by atoms with Gasteiger partial charge in [-0.3, -0.25) is 0 Å². The van der Waals surface area contributed by atoms with Crippen molar-refractivity contribution in [1.29, 1.82) is 0 Å². The Morgan fingerprint density at radius 3 is 1.89 bits per heavy atom. The van der Waals surface area contributed by atoms with Crippen LogP contribution in [0.4, 0.5) is 0 Å². The van der Waals surface area contributed by atoms with Crippen LogP contribution < -0.4 is 0 Å². The van der Waals surface area contributed by atoms with Crippen LogP contribution in [0.2, 0.25) is 25.2 Å². The van der Waals surface area contributed by atoms with Crippen molar-refractivity contribution in [2.45, 2.75) is 32.1 Å². The van der Waals surface area contributed by atoms with E-state index in [1.165, 1.54) is 0 Å². The second kappa shape index (κ2) is 3.76. The van der Waals surface area contributed by atoms with Gasteiger partial charge in [-0.05, 0) is 9.62 Å². The van der Waals surface area contributed by atoms with Gasteiger partial charge in [-0.15, -0.1) is 0 Å². The van der Waals surface area contributed by atoms with Crippen LogP contribution in [0.3, 0.4) is 0 Å². The van der Waals surface area contributed by atoms with Crippen LogP contribution in [0.15, 0.2) is 10.2 Å². The van der Waals surface area contributed by atoms with E-state index in [0.717, 1.165) is 5.54 Å². The maximum atomic E-state index is 2.40. The predicted molar refractivity (Wildman–Crippen MR) is 55.9 cm³/mol. The van der Waals surface area contributed by atoms with E-state index in [2.05, 4.69) is 59.3 Å². The molecule has 0 nitrogen and oxygen atoms in total. The van der Waals surface area contributed by atoms with E-state index in [-0.39, 0.29) is 0 Å². The van der Waals surface area contributed by atoms with Crippen molar-refractivity contribution >= 4 is 30.7 Å². The molecular weight excluding hydrogens is 239 g/mol. The number of hydrogen-bond acceptors (Lipinski definition) is 0. The van der Waals surface area contributed by atoms with Gasteiger partial charge in [-0.25, -0.2) is 0 Å². The molecule has 0 aromatic carbocycles. The summed E-state index contributed by atoms with van der Waals surface area (Å²) in [6, 6.07) is 0. The molecule has 0 saturated heterocycles. The van der Waals surface area contributed by atoms with Crippen molar-refractivity contribution in [3.63, 3.8) is 0 Å². The van der Waals surface area contributed by atoms with Crippen LogP contribution in [0.25, 0.3) is 0 Å². The molecule has 0 heterocycles. The van der Waals surface area contributed by atoms with Gasteiger partial charge >= 0.3 is 0 Å². The van der Waals surface area contributed by atoms with Crippen LogP contribution in [0, 0.1) is 0 Å². The summed E-state index contributed by atoms with van der Waals surface area (Å²) in [7, 11) is -0.873. The van der Waals surface area contributed by atoms with Crippen molar-refractivity contribution in [2.75, 3.05) is 0 Å². The lowest BCUT2D eigenvalue weighted by molar-refractivity contribution is 1.13. The summed E-state index contributed by atoms with van der Waals surface area (Å²) < 4.78 is 2.13. The van der Waals surface area contributed by atoms with Gasteiger partial charge in [-0.2, -0.15) is 0 Å². The Kier molecular flexibility index (Phi) is 4.04. The molecule has 0 saturated carbocycles. The average Bonchev–Trinajstić information content (AvgIpc) is 1.64. The average molecular weight is 254 g/mol. The molecule has 0 radical (unpaired) electrons. The first-order valence-corrected chi connectivity index (χ1v) is 8.07. The zero-order valence-corrected chi connectivity index (χ0v) is 9.77. The normalized spacial score (nSPS) is 16.6. The van der Waals surface area contributed by atoms with E-state index in [0.29, 0.717) is 0 Å². The number of allylic oxidation sites excluding steroid dienone is 1. The predicted octanol–water partition coefficient (Wildman–Crippen LogP) is 3.66. The molecule has 1 atom stereocenters. The SMILES string of the molecule is CC(C=CI)[Si](C)(C)C. The molecule has 0 fully saturated rings. The van der Waals surface area contributed by atoms with Crippen LogP contribution in [-0.4, -0.2) is 8.07 Å². The minimum Gasteiger partial charge on any atom is -0.0783 e. The summed E-state index contributed by atoms with van der Waals surface area (Å²) in [6.07, 6.45) is 2.30. The molecule has 0 aromatic heterocycles. The highest BCUT2D eigenvalue weighted by molar-refractivity contribution is 14.1. The van der Waals surface area contributed by atoms with Crippen LogP contribution in [0.1, 0.15) is 6.92 Å². The summed E-state index contributed by atoms with van der Waals surface area (Å²) in [5, 5.41) is 0. The maximum Gasteiger partial charge on any atom is 0.0510 e. The Hall–Kier alpha value is 0.687. The molecule has 0 aliphatic carbocycles. The van der Waals surface area contributed by atoms with Gasteiger partial charge in [0.25, 0.3) is 0 Å². The second-order valence-corrected chi connectivity index (χ2v) is 9.84.